The molecule has 0 saturated heterocycles. The summed E-state index contributed by atoms with van der Waals surface area (Å²) in [6.45, 7) is 7.42. The normalized spacial score (nSPS) is 17.9. The third kappa shape index (κ3) is 3.97. The molecule has 1 aromatic carbocycles. The number of carbonyl (C=O) groups excluding carboxylic acids is 2. The van der Waals surface area contributed by atoms with Crippen LogP contribution in [0.2, 0.25) is 0 Å². The highest BCUT2D eigenvalue weighted by atomic mass is 16.6. The van der Waals surface area contributed by atoms with Crippen LogP contribution >= 0.6 is 0 Å². The first-order valence-electron chi connectivity index (χ1n) is 7.12. The molecule has 5 nitrogen and oxygen atoms in total. The molecule has 1 N–H and O–H groups in total. The Balaban J connectivity index is 2.26. The summed E-state index contributed by atoms with van der Waals surface area (Å²) in [4.78, 5) is 25.3. The molecule has 0 fully saturated rings. The molecule has 1 aliphatic heterocycles. The van der Waals surface area contributed by atoms with Gasteiger partial charge in [0.2, 0.25) is 5.91 Å². The van der Waals surface area contributed by atoms with E-state index >= 15 is 0 Å². The van der Waals surface area contributed by atoms with E-state index in [9.17, 15) is 9.59 Å². The molecule has 2 rings (SSSR count). The van der Waals surface area contributed by atoms with Crippen LogP contribution < -0.4 is 10.2 Å². The number of hydrogen-bond acceptors (Lipinski definition) is 3. The topological polar surface area (TPSA) is 58.6 Å². The van der Waals surface area contributed by atoms with Gasteiger partial charge in [-0.2, -0.15) is 0 Å². The molecule has 2 amide bonds. The minimum absolute atomic E-state index is 0.0927. The Kier molecular flexibility index (Phi) is 4.21. The third-order valence-electron chi connectivity index (χ3n) is 3.17. The number of rotatable bonds is 1. The molecule has 0 bridgehead atoms. The standard InChI is InChI=1S/C16H22N2O3/c1-11(19)17-13-9-12-7-5-6-8-14(12)18(10-13)15(20)21-16(2,3)4/h5-8,13H,9-10H2,1-4H3,(H,17,19)/t13-/m0/s1. The molecule has 1 aromatic rings. The number of carbonyl (C=O) groups is 2. The van der Waals surface area contributed by atoms with Crippen molar-refractivity contribution in [2.24, 2.45) is 0 Å². The summed E-state index contributed by atoms with van der Waals surface area (Å²) in [5.41, 5.74) is 1.34. The zero-order valence-corrected chi connectivity index (χ0v) is 13.0. The smallest absolute Gasteiger partial charge is 0.414 e. The summed E-state index contributed by atoms with van der Waals surface area (Å²) in [7, 11) is 0. The molecule has 21 heavy (non-hydrogen) atoms. The highest BCUT2D eigenvalue weighted by molar-refractivity contribution is 5.90. The number of ether oxygens (including phenoxy) is 1. The second-order valence-electron chi connectivity index (χ2n) is 6.32. The molecule has 0 unspecified atom stereocenters. The Morgan fingerprint density at radius 3 is 2.57 bits per heavy atom. The van der Waals surface area contributed by atoms with Crippen LogP contribution in [0.4, 0.5) is 10.5 Å². The first kappa shape index (κ1) is 15.4. The van der Waals surface area contributed by atoms with E-state index in [1.54, 1.807) is 4.90 Å². The van der Waals surface area contributed by atoms with Crippen molar-refractivity contribution in [3.05, 3.63) is 29.8 Å². The molecule has 0 saturated carbocycles. The van der Waals surface area contributed by atoms with Crippen molar-refractivity contribution in [1.29, 1.82) is 0 Å². The van der Waals surface area contributed by atoms with E-state index in [1.807, 2.05) is 45.0 Å². The number of anilines is 1. The quantitative estimate of drug-likeness (QED) is 0.864. The average Bonchev–Trinajstić information content (AvgIpc) is 2.35. The predicted octanol–water partition coefficient (Wildman–Crippen LogP) is 2.49. The molecule has 1 atom stereocenters. The molecule has 0 aromatic heterocycles. The van der Waals surface area contributed by atoms with E-state index in [-0.39, 0.29) is 18.0 Å². The van der Waals surface area contributed by atoms with Crippen LogP contribution in [0.3, 0.4) is 0 Å². The average molecular weight is 290 g/mol. The molecular formula is C16H22N2O3. The van der Waals surface area contributed by atoms with Gasteiger partial charge in [0.1, 0.15) is 5.60 Å². The van der Waals surface area contributed by atoms with Gasteiger partial charge >= 0.3 is 6.09 Å². The largest absolute Gasteiger partial charge is 0.443 e. The minimum atomic E-state index is -0.549. The summed E-state index contributed by atoms with van der Waals surface area (Å²) < 4.78 is 5.46. The number of nitrogens with one attached hydrogen (secondary N) is 1. The van der Waals surface area contributed by atoms with E-state index in [1.165, 1.54) is 6.92 Å². The van der Waals surface area contributed by atoms with Gasteiger partial charge in [-0.15, -0.1) is 0 Å². The number of hydrogen-bond donors (Lipinski definition) is 1. The molecule has 114 valence electrons. The van der Waals surface area contributed by atoms with E-state index in [0.717, 1.165) is 17.7 Å². The first-order chi connectivity index (χ1) is 9.76. The summed E-state index contributed by atoms with van der Waals surface area (Å²) in [5, 5.41) is 2.88. The molecule has 1 aliphatic rings. The lowest BCUT2D eigenvalue weighted by Crippen LogP contribution is -2.50. The van der Waals surface area contributed by atoms with Gasteiger partial charge < -0.3 is 10.1 Å². The second-order valence-corrected chi connectivity index (χ2v) is 6.32. The zero-order chi connectivity index (χ0) is 15.6. The lowest BCUT2D eigenvalue weighted by atomic mass is 9.98. The molecule has 1 heterocycles. The number of nitrogens with zero attached hydrogens (tertiary/aromatic N) is 1. The fraction of sp³-hybridized carbons (Fsp3) is 0.500. The number of para-hydroxylation sites is 1. The maximum Gasteiger partial charge on any atom is 0.414 e. The first-order valence-corrected chi connectivity index (χ1v) is 7.12. The fourth-order valence-electron chi connectivity index (χ4n) is 2.47. The van der Waals surface area contributed by atoms with Gasteiger partial charge in [0.15, 0.2) is 0 Å². The van der Waals surface area contributed by atoms with Crippen LogP contribution in [0.25, 0.3) is 0 Å². The van der Waals surface area contributed by atoms with Crippen LogP contribution in [0.5, 0.6) is 0 Å². The van der Waals surface area contributed by atoms with E-state index < -0.39 is 5.60 Å². The highest BCUT2D eigenvalue weighted by Gasteiger charge is 2.31. The van der Waals surface area contributed by atoms with E-state index in [2.05, 4.69) is 5.32 Å². The van der Waals surface area contributed by atoms with Crippen molar-refractivity contribution in [3.8, 4) is 0 Å². The summed E-state index contributed by atoms with van der Waals surface area (Å²) >= 11 is 0. The van der Waals surface area contributed by atoms with Crippen molar-refractivity contribution >= 4 is 17.7 Å². The van der Waals surface area contributed by atoms with Gasteiger partial charge in [-0.05, 0) is 38.8 Å². The zero-order valence-electron chi connectivity index (χ0n) is 13.0. The SMILES string of the molecule is CC(=O)N[C@H]1Cc2ccccc2N(C(=O)OC(C)(C)C)C1. The Labute approximate surface area is 125 Å². The minimum Gasteiger partial charge on any atom is -0.443 e. The van der Waals surface area contributed by atoms with Crippen molar-refractivity contribution in [2.75, 3.05) is 11.4 Å². The number of amides is 2. The summed E-state index contributed by atoms with van der Waals surface area (Å²) in [5.74, 6) is -0.0940. The van der Waals surface area contributed by atoms with Gasteiger partial charge in [0, 0.05) is 13.5 Å². The molecular weight excluding hydrogens is 268 g/mol. The number of benzene rings is 1. The summed E-state index contributed by atoms with van der Waals surface area (Å²) in [6.07, 6.45) is 0.333. The van der Waals surface area contributed by atoms with Gasteiger partial charge in [0.25, 0.3) is 0 Å². The van der Waals surface area contributed by atoms with Gasteiger partial charge in [-0.1, -0.05) is 18.2 Å². The van der Waals surface area contributed by atoms with Crippen LogP contribution in [0.1, 0.15) is 33.3 Å². The van der Waals surface area contributed by atoms with Crippen LogP contribution in [-0.2, 0) is 16.0 Å². The molecule has 0 radical (unpaired) electrons. The third-order valence-corrected chi connectivity index (χ3v) is 3.17. The maximum absolute atomic E-state index is 12.4. The Hall–Kier alpha value is -2.04. The predicted molar refractivity (Wildman–Crippen MR) is 81.3 cm³/mol. The molecule has 0 spiro atoms. The molecule has 5 heteroatoms. The lowest BCUT2D eigenvalue weighted by molar-refractivity contribution is -0.119. The van der Waals surface area contributed by atoms with Crippen LogP contribution in [0.15, 0.2) is 24.3 Å². The van der Waals surface area contributed by atoms with Crippen molar-refractivity contribution < 1.29 is 14.3 Å². The monoisotopic (exact) mass is 290 g/mol. The molecule has 0 aliphatic carbocycles. The highest BCUT2D eigenvalue weighted by Crippen LogP contribution is 2.28. The maximum atomic E-state index is 12.4. The number of fused-ring (bicyclic) bond motifs is 1. The van der Waals surface area contributed by atoms with Crippen LogP contribution in [-0.4, -0.2) is 30.2 Å². The Morgan fingerprint density at radius 2 is 1.95 bits per heavy atom. The van der Waals surface area contributed by atoms with Crippen LogP contribution in [0, 0.1) is 0 Å². The van der Waals surface area contributed by atoms with Crippen molar-refractivity contribution in [1.82, 2.24) is 5.32 Å². The Morgan fingerprint density at radius 1 is 1.29 bits per heavy atom. The van der Waals surface area contributed by atoms with Gasteiger partial charge in [-0.25, -0.2) is 4.79 Å². The van der Waals surface area contributed by atoms with E-state index in [4.69, 9.17) is 4.74 Å². The lowest BCUT2D eigenvalue weighted by Gasteiger charge is -2.35. The van der Waals surface area contributed by atoms with Crippen molar-refractivity contribution in [3.63, 3.8) is 0 Å². The fourth-order valence-corrected chi connectivity index (χ4v) is 2.47. The van der Waals surface area contributed by atoms with Gasteiger partial charge in [-0.3, -0.25) is 9.69 Å². The Bertz CT molecular complexity index is 549. The van der Waals surface area contributed by atoms with Gasteiger partial charge in [0.05, 0.1) is 11.7 Å². The second kappa shape index (κ2) is 5.76. The van der Waals surface area contributed by atoms with E-state index in [0.29, 0.717) is 6.54 Å². The summed E-state index contributed by atoms with van der Waals surface area (Å²) in [6, 6.07) is 7.62. The van der Waals surface area contributed by atoms with Crippen molar-refractivity contribution in [2.45, 2.75) is 45.8 Å².